The normalized spacial score (nSPS) is 10.2. The minimum absolute atomic E-state index is 0.228. The number of hydrogen-bond donors (Lipinski definition) is 3. The van der Waals surface area contributed by atoms with Crippen molar-refractivity contribution in [1.82, 2.24) is 15.2 Å². The molecule has 2 aromatic rings. The molecule has 0 aliphatic carbocycles. The van der Waals surface area contributed by atoms with Gasteiger partial charge in [-0.25, -0.2) is 0 Å². The summed E-state index contributed by atoms with van der Waals surface area (Å²) in [4.78, 5) is 15.9. The van der Waals surface area contributed by atoms with E-state index in [1.165, 1.54) is 0 Å². The van der Waals surface area contributed by atoms with Crippen LogP contribution in [-0.2, 0) is 6.54 Å². The molecule has 2 rings (SSSR count). The molecule has 0 saturated heterocycles. The van der Waals surface area contributed by atoms with Crippen LogP contribution in [0.3, 0.4) is 0 Å². The molecule has 0 aliphatic rings. The summed E-state index contributed by atoms with van der Waals surface area (Å²) in [6.45, 7) is 2.17. The highest BCUT2D eigenvalue weighted by Crippen LogP contribution is 2.08. The van der Waals surface area contributed by atoms with Crippen molar-refractivity contribution in [2.45, 2.75) is 13.5 Å². The Hall–Kier alpha value is -2.21. The lowest BCUT2D eigenvalue weighted by atomic mass is 10.2. The quantitative estimate of drug-likeness (QED) is 0.728. The van der Waals surface area contributed by atoms with Crippen molar-refractivity contribution in [1.29, 1.82) is 0 Å². The minimum Gasteiger partial charge on any atom is -0.325 e. The highest BCUT2D eigenvalue weighted by atomic mass is 16.1. The molecule has 2 heterocycles. The van der Waals surface area contributed by atoms with Crippen LogP contribution >= 0.6 is 0 Å². The average molecular weight is 231 g/mol. The second-order valence-electron chi connectivity index (χ2n) is 3.63. The van der Waals surface area contributed by atoms with Gasteiger partial charge in [-0.3, -0.25) is 14.9 Å². The number of anilines is 1. The zero-order valence-corrected chi connectivity index (χ0v) is 9.40. The number of hydrogen-bond acceptors (Lipinski definition) is 4. The van der Waals surface area contributed by atoms with Crippen LogP contribution in [0.25, 0.3) is 0 Å². The number of aromatic amines is 1. The van der Waals surface area contributed by atoms with Crippen molar-refractivity contribution in [3.05, 3.63) is 41.3 Å². The summed E-state index contributed by atoms with van der Waals surface area (Å²) in [5, 5.41) is 9.36. The van der Waals surface area contributed by atoms with Crippen molar-refractivity contribution in [2.24, 2.45) is 5.73 Å². The molecule has 0 aromatic carbocycles. The Bertz CT molecular complexity index is 534. The Morgan fingerprint density at radius 3 is 3.00 bits per heavy atom. The summed E-state index contributed by atoms with van der Waals surface area (Å²) < 4.78 is 0. The van der Waals surface area contributed by atoms with E-state index in [1.807, 2.05) is 6.92 Å². The van der Waals surface area contributed by atoms with E-state index in [0.29, 0.717) is 23.6 Å². The van der Waals surface area contributed by atoms with Gasteiger partial charge in [0.05, 0.1) is 5.69 Å². The summed E-state index contributed by atoms with van der Waals surface area (Å²) >= 11 is 0. The first kappa shape index (κ1) is 11.3. The number of H-pyrrole nitrogens is 1. The van der Waals surface area contributed by atoms with E-state index in [2.05, 4.69) is 20.5 Å². The number of pyridine rings is 1. The molecule has 0 aliphatic heterocycles. The molecule has 17 heavy (non-hydrogen) atoms. The van der Waals surface area contributed by atoms with E-state index in [-0.39, 0.29) is 5.91 Å². The van der Waals surface area contributed by atoms with Crippen LogP contribution in [0.2, 0.25) is 0 Å². The van der Waals surface area contributed by atoms with Gasteiger partial charge in [-0.2, -0.15) is 5.10 Å². The topological polar surface area (TPSA) is 96.7 Å². The lowest BCUT2D eigenvalue weighted by Gasteiger charge is -2.02. The van der Waals surface area contributed by atoms with Gasteiger partial charge < -0.3 is 11.1 Å². The van der Waals surface area contributed by atoms with Crippen LogP contribution in [0.1, 0.15) is 21.7 Å². The third-order valence-electron chi connectivity index (χ3n) is 2.24. The van der Waals surface area contributed by atoms with E-state index < -0.39 is 0 Å². The first-order valence-electron chi connectivity index (χ1n) is 5.17. The average Bonchev–Trinajstić information content (AvgIpc) is 2.75. The number of nitrogens with zero attached hydrogens (tertiary/aromatic N) is 2. The van der Waals surface area contributed by atoms with Crippen molar-refractivity contribution in [3.63, 3.8) is 0 Å². The van der Waals surface area contributed by atoms with Gasteiger partial charge >= 0.3 is 0 Å². The Morgan fingerprint density at radius 2 is 2.35 bits per heavy atom. The molecule has 2 aromatic heterocycles. The first-order valence-corrected chi connectivity index (χ1v) is 5.17. The standard InChI is InChI=1S/C11H13N5O/c1-7-4-10(16-15-7)14-11(17)8-2-3-13-9(5-8)6-12/h2-5H,6,12H2,1H3,(H2,14,15,16,17). The van der Waals surface area contributed by atoms with E-state index in [1.54, 1.807) is 24.4 Å². The maximum Gasteiger partial charge on any atom is 0.256 e. The summed E-state index contributed by atoms with van der Waals surface area (Å²) in [6, 6.07) is 5.05. The molecule has 0 unspecified atom stereocenters. The molecule has 0 spiro atoms. The van der Waals surface area contributed by atoms with Crippen LogP contribution in [0.15, 0.2) is 24.4 Å². The van der Waals surface area contributed by atoms with Crippen molar-refractivity contribution >= 4 is 11.7 Å². The molecule has 4 N–H and O–H groups in total. The minimum atomic E-state index is -0.228. The van der Waals surface area contributed by atoms with E-state index in [9.17, 15) is 4.79 Å². The molecule has 0 saturated carbocycles. The highest BCUT2D eigenvalue weighted by molar-refractivity contribution is 6.03. The Labute approximate surface area is 98.3 Å². The number of rotatable bonds is 3. The monoisotopic (exact) mass is 231 g/mol. The van der Waals surface area contributed by atoms with Crippen LogP contribution in [-0.4, -0.2) is 21.1 Å². The third kappa shape index (κ3) is 2.67. The summed E-state index contributed by atoms with van der Waals surface area (Å²) in [5.41, 5.74) is 7.54. The van der Waals surface area contributed by atoms with Gasteiger partial charge in [0.1, 0.15) is 0 Å². The molecule has 6 nitrogen and oxygen atoms in total. The third-order valence-corrected chi connectivity index (χ3v) is 2.24. The summed E-state index contributed by atoms with van der Waals surface area (Å²) in [6.07, 6.45) is 1.56. The Morgan fingerprint density at radius 1 is 1.53 bits per heavy atom. The second-order valence-corrected chi connectivity index (χ2v) is 3.63. The number of nitrogens with two attached hydrogens (primary N) is 1. The summed E-state index contributed by atoms with van der Waals surface area (Å²) in [5.74, 6) is 0.271. The molecule has 0 bridgehead atoms. The van der Waals surface area contributed by atoms with Gasteiger partial charge in [-0.1, -0.05) is 0 Å². The zero-order valence-electron chi connectivity index (χ0n) is 9.40. The maximum atomic E-state index is 11.9. The number of nitrogens with one attached hydrogen (secondary N) is 2. The van der Waals surface area contributed by atoms with Gasteiger partial charge in [0.15, 0.2) is 5.82 Å². The van der Waals surface area contributed by atoms with Gasteiger partial charge in [-0.05, 0) is 19.1 Å². The number of aromatic nitrogens is 3. The number of carbonyl (C=O) groups is 1. The zero-order chi connectivity index (χ0) is 12.3. The van der Waals surface area contributed by atoms with E-state index in [4.69, 9.17) is 5.73 Å². The lowest BCUT2D eigenvalue weighted by Crippen LogP contribution is -2.13. The van der Waals surface area contributed by atoms with Gasteiger partial charge in [0.25, 0.3) is 5.91 Å². The number of aryl methyl sites for hydroxylation is 1. The van der Waals surface area contributed by atoms with Gasteiger partial charge in [0, 0.05) is 30.1 Å². The molecule has 1 amide bonds. The van der Waals surface area contributed by atoms with E-state index in [0.717, 1.165) is 5.69 Å². The second kappa shape index (κ2) is 4.75. The molecular weight excluding hydrogens is 218 g/mol. The fraction of sp³-hybridized carbons (Fsp3) is 0.182. The smallest absolute Gasteiger partial charge is 0.256 e. The molecule has 6 heteroatoms. The van der Waals surface area contributed by atoms with Crippen molar-refractivity contribution < 1.29 is 4.79 Å². The van der Waals surface area contributed by atoms with Crippen LogP contribution in [0.5, 0.6) is 0 Å². The van der Waals surface area contributed by atoms with E-state index >= 15 is 0 Å². The fourth-order valence-electron chi connectivity index (χ4n) is 1.40. The van der Waals surface area contributed by atoms with Crippen LogP contribution in [0.4, 0.5) is 5.82 Å². The van der Waals surface area contributed by atoms with Crippen LogP contribution in [0, 0.1) is 6.92 Å². The number of carbonyl (C=O) groups excluding carboxylic acids is 1. The fourth-order valence-corrected chi connectivity index (χ4v) is 1.40. The summed E-state index contributed by atoms with van der Waals surface area (Å²) in [7, 11) is 0. The first-order chi connectivity index (χ1) is 8.19. The highest BCUT2D eigenvalue weighted by Gasteiger charge is 2.08. The Balaban J connectivity index is 2.14. The SMILES string of the molecule is Cc1cc(NC(=O)c2ccnc(CN)c2)n[nH]1. The van der Waals surface area contributed by atoms with Crippen molar-refractivity contribution in [3.8, 4) is 0 Å². The molecular formula is C11H13N5O. The lowest BCUT2D eigenvalue weighted by molar-refractivity contribution is 0.102. The number of amides is 1. The van der Waals surface area contributed by atoms with Gasteiger partial charge in [-0.15, -0.1) is 0 Å². The predicted octanol–water partition coefficient (Wildman–Crippen LogP) is 0.824. The molecule has 0 atom stereocenters. The maximum absolute atomic E-state index is 11.9. The Kier molecular flexibility index (Phi) is 3.15. The molecule has 0 radical (unpaired) electrons. The predicted molar refractivity (Wildman–Crippen MR) is 63.4 cm³/mol. The largest absolute Gasteiger partial charge is 0.325 e. The van der Waals surface area contributed by atoms with Crippen molar-refractivity contribution in [2.75, 3.05) is 5.32 Å². The van der Waals surface area contributed by atoms with Crippen LogP contribution < -0.4 is 11.1 Å². The molecule has 0 fully saturated rings. The van der Waals surface area contributed by atoms with Gasteiger partial charge in [0.2, 0.25) is 0 Å². The molecule has 88 valence electrons.